The second kappa shape index (κ2) is 7.63. The molecule has 0 aromatic heterocycles. The number of amides is 2. The summed E-state index contributed by atoms with van der Waals surface area (Å²) in [7, 11) is -1.48. The van der Waals surface area contributed by atoms with Gasteiger partial charge in [-0.15, -0.1) is 0 Å². The van der Waals surface area contributed by atoms with Crippen molar-refractivity contribution < 1.29 is 22.4 Å². The topological polar surface area (TPSA) is 110 Å². The molecule has 0 fully saturated rings. The fourth-order valence-corrected chi connectivity index (χ4v) is 3.77. The molecule has 9 heteroatoms. The minimum Gasteiger partial charge on any atom is -0.368 e. The Morgan fingerprint density at radius 3 is 2.27 bits per heavy atom. The number of halogens is 1. The molecule has 1 unspecified atom stereocenters. The first-order valence-electron chi connectivity index (χ1n) is 7.53. The van der Waals surface area contributed by atoms with Crippen LogP contribution >= 0.6 is 0 Å². The summed E-state index contributed by atoms with van der Waals surface area (Å²) in [5.41, 5.74) is 5.76. The van der Waals surface area contributed by atoms with Gasteiger partial charge in [-0.1, -0.05) is 12.1 Å². The Hall–Kier alpha value is -2.78. The number of nitrogens with zero attached hydrogens (tertiary/aromatic N) is 1. The van der Waals surface area contributed by atoms with Gasteiger partial charge in [0.25, 0.3) is 5.91 Å². The molecule has 0 saturated heterocycles. The van der Waals surface area contributed by atoms with E-state index >= 15 is 0 Å². The fraction of sp³-hybridized carbons (Fsp3) is 0.176. The van der Waals surface area contributed by atoms with E-state index in [-0.39, 0.29) is 21.9 Å². The van der Waals surface area contributed by atoms with Gasteiger partial charge in [0.05, 0.1) is 4.90 Å². The van der Waals surface area contributed by atoms with Crippen LogP contribution in [-0.2, 0) is 14.8 Å². The summed E-state index contributed by atoms with van der Waals surface area (Å²) in [4.78, 5) is 23.3. The molecule has 1 atom stereocenters. The zero-order valence-corrected chi connectivity index (χ0v) is 15.0. The summed E-state index contributed by atoms with van der Waals surface area (Å²) >= 11 is 0. The van der Waals surface area contributed by atoms with Gasteiger partial charge in [-0.2, -0.15) is 4.31 Å². The third-order valence-electron chi connectivity index (χ3n) is 3.82. The molecule has 7 nitrogen and oxygen atoms in total. The van der Waals surface area contributed by atoms with Gasteiger partial charge in [-0.3, -0.25) is 9.59 Å². The van der Waals surface area contributed by atoms with Gasteiger partial charge >= 0.3 is 0 Å². The predicted octanol–water partition coefficient (Wildman–Crippen LogP) is 1.03. The maximum absolute atomic E-state index is 13.5. The minimum atomic E-state index is -4.12. The van der Waals surface area contributed by atoms with E-state index in [9.17, 15) is 22.4 Å². The van der Waals surface area contributed by atoms with Crippen molar-refractivity contribution in [1.82, 2.24) is 9.62 Å². The Morgan fingerprint density at radius 1 is 1.15 bits per heavy atom. The monoisotopic (exact) mass is 379 g/mol. The molecular weight excluding hydrogens is 361 g/mol. The number of sulfonamides is 1. The van der Waals surface area contributed by atoms with E-state index in [1.165, 1.54) is 56.6 Å². The number of nitrogens with one attached hydrogen (secondary N) is 1. The lowest BCUT2D eigenvalue weighted by molar-refractivity contribution is -0.121. The average molecular weight is 379 g/mol. The van der Waals surface area contributed by atoms with Crippen LogP contribution in [-0.4, -0.2) is 38.6 Å². The summed E-state index contributed by atoms with van der Waals surface area (Å²) in [5.74, 6) is -1.92. The SMILES string of the molecule is CNC(=O)c1ccc(S(=O)(=O)N(C)C(C(N)=O)c2cccc(F)c2)cc1. The summed E-state index contributed by atoms with van der Waals surface area (Å²) in [6, 6.07) is 8.82. The van der Waals surface area contributed by atoms with Crippen LogP contribution in [0.25, 0.3) is 0 Å². The Morgan fingerprint density at radius 2 is 1.77 bits per heavy atom. The number of hydrogen-bond donors (Lipinski definition) is 2. The van der Waals surface area contributed by atoms with Gasteiger partial charge in [0.1, 0.15) is 11.9 Å². The molecule has 3 N–H and O–H groups in total. The summed E-state index contributed by atoms with van der Waals surface area (Å²) in [6.07, 6.45) is 0. The van der Waals surface area contributed by atoms with Gasteiger partial charge in [-0.05, 0) is 42.0 Å². The maximum Gasteiger partial charge on any atom is 0.251 e. The molecular formula is C17H18FN3O4S. The molecule has 0 radical (unpaired) electrons. The van der Waals surface area contributed by atoms with Crippen LogP contribution in [0.5, 0.6) is 0 Å². The van der Waals surface area contributed by atoms with E-state index < -0.39 is 27.8 Å². The number of likely N-dealkylation sites (N-methyl/N-ethyl adjacent to an activating group) is 1. The van der Waals surface area contributed by atoms with Crippen molar-refractivity contribution in [2.45, 2.75) is 10.9 Å². The summed E-state index contributed by atoms with van der Waals surface area (Å²) in [5, 5.41) is 2.43. The number of primary amides is 1. The highest BCUT2D eigenvalue weighted by Crippen LogP contribution is 2.26. The Balaban J connectivity index is 2.42. The molecule has 2 aromatic rings. The highest BCUT2D eigenvalue weighted by Gasteiger charge is 2.33. The molecule has 2 amide bonds. The third kappa shape index (κ3) is 3.89. The molecule has 0 saturated carbocycles. The first-order chi connectivity index (χ1) is 12.2. The maximum atomic E-state index is 13.5. The van der Waals surface area contributed by atoms with Crippen LogP contribution < -0.4 is 11.1 Å². The Labute approximate surface area is 150 Å². The quantitative estimate of drug-likeness (QED) is 0.781. The zero-order valence-electron chi connectivity index (χ0n) is 14.1. The van der Waals surface area contributed by atoms with E-state index in [4.69, 9.17) is 5.73 Å². The molecule has 138 valence electrons. The standard InChI is InChI=1S/C17H18FN3O4S/c1-20-17(23)11-6-8-14(9-7-11)26(24,25)21(2)15(16(19)22)12-4-3-5-13(18)10-12/h3-10,15H,1-2H3,(H2,19,22)(H,20,23). The van der Waals surface area contributed by atoms with Crippen LogP contribution in [0, 0.1) is 5.82 Å². The van der Waals surface area contributed by atoms with Crippen LogP contribution in [0.15, 0.2) is 53.4 Å². The molecule has 0 bridgehead atoms. The van der Waals surface area contributed by atoms with Crippen LogP contribution in [0.1, 0.15) is 22.0 Å². The lowest BCUT2D eigenvalue weighted by Gasteiger charge is -2.25. The van der Waals surface area contributed by atoms with Gasteiger partial charge < -0.3 is 11.1 Å². The van der Waals surface area contributed by atoms with Crippen LogP contribution in [0.3, 0.4) is 0 Å². The molecule has 0 heterocycles. The highest BCUT2D eigenvalue weighted by molar-refractivity contribution is 7.89. The lowest BCUT2D eigenvalue weighted by Crippen LogP contribution is -2.39. The number of hydrogen-bond acceptors (Lipinski definition) is 4. The van der Waals surface area contributed by atoms with Crippen LogP contribution in [0.2, 0.25) is 0 Å². The second-order valence-electron chi connectivity index (χ2n) is 5.48. The van der Waals surface area contributed by atoms with Crippen LogP contribution in [0.4, 0.5) is 4.39 Å². The first-order valence-corrected chi connectivity index (χ1v) is 8.97. The minimum absolute atomic E-state index is 0.116. The fourth-order valence-electron chi connectivity index (χ4n) is 2.46. The van der Waals surface area contributed by atoms with Crippen molar-refractivity contribution in [2.24, 2.45) is 5.73 Å². The summed E-state index contributed by atoms with van der Waals surface area (Å²) in [6.45, 7) is 0. The number of carbonyl (C=O) groups excluding carboxylic acids is 2. The molecule has 2 rings (SSSR count). The van der Waals surface area contributed by atoms with Crippen molar-refractivity contribution in [1.29, 1.82) is 0 Å². The normalized spacial score (nSPS) is 12.6. The first kappa shape index (κ1) is 19.5. The smallest absolute Gasteiger partial charge is 0.251 e. The van der Waals surface area contributed by atoms with E-state index in [1.807, 2.05) is 0 Å². The molecule has 0 spiro atoms. The van der Waals surface area contributed by atoms with Gasteiger partial charge in [-0.25, -0.2) is 12.8 Å². The number of rotatable bonds is 6. The molecule has 0 aliphatic heterocycles. The lowest BCUT2D eigenvalue weighted by atomic mass is 10.1. The van der Waals surface area contributed by atoms with Crippen molar-refractivity contribution in [3.63, 3.8) is 0 Å². The Bertz CT molecular complexity index is 929. The highest BCUT2D eigenvalue weighted by atomic mass is 32.2. The number of nitrogens with two attached hydrogens (primary N) is 1. The van der Waals surface area contributed by atoms with E-state index in [1.54, 1.807) is 0 Å². The van der Waals surface area contributed by atoms with E-state index in [2.05, 4.69) is 5.32 Å². The average Bonchev–Trinajstić information content (AvgIpc) is 2.61. The van der Waals surface area contributed by atoms with Crippen molar-refractivity contribution >= 4 is 21.8 Å². The number of carbonyl (C=O) groups is 2. The summed E-state index contributed by atoms with van der Waals surface area (Å²) < 4.78 is 39.9. The van der Waals surface area contributed by atoms with E-state index in [0.717, 1.165) is 10.4 Å². The van der Waals surface area contributed by atoms with Crippen molar-refractivity contribution in [3.05, 3.63) is 65.5 Å². The zero-order chi connectivity index (χ0) is 19.5. The van der Waals surface area contributed by atoms with Crippen molar-refractivity contribution in [2.75, 3.05) is 14.1 Å². The van der Waals surface area contributed by atoms with E-state index in [0.29, 0.717) is 0 Å². The molecule has 26 heavy (non-hydrogen) atoms. The third-order valence-corrected chi connectivity index (χ3v) is 5.66. The van der Waals surface area contributed by atoms with Gasteiger partial charge in [0.2, 0.25) is 15.9 Å². The van der Waals surface area contributed by atoms with Crippen molar-refractivity contribution in [3.8, 4) is 0 Å². The number of benzene rings is 2. The molecule has 0 aliphatic rings. The predicted molar refractivity (Wildman–Crippen MR) is 93.1 cm³/mol. The molecule has 0 aliphatic carbocycles. The van der Waals surface area contributed by atoms with Gasteiger partial charge in [0, 0.05) is 19.7 Å². The molecule has 2 aromatic carbocycles. The second-order valence-corrected chi connectivity index (χ2v) is 7.48. The largest absolute Gasteiger partial charge is 0.368 e. The van der Waals surface area contributed by atoms with Gasteiger partial charge in [0.15, 0.2) is 0 Å². The Kier molecular flexibility index (Phi) is 5.73.